The van der Waals surface area contributed by atoms with Crippen molar-refractivity contribution in [2.24, 2.45) is 0 Å². The Morgan fingerprint density at radius 3 is 2.77 bits per heavy atom. The first kappa shape index (κ1) is 15.6. The zero-order valence-corrected chi connectivity index (χ0v) is 12.4. The quantitative estimate of drug-likeness (QED) is 0.849. The van der Waals surface area contributed by atoms with Gasteiger partial charge in [-0.3, -0.25) is 0 Å². The summed E-state index contributed by atoms with van der Waals surface area (Å²) in [6.07, 6.45) is 0.733. The number of ether oxygens (including phenoxy) is 2. The van der Waals surface area contributed by atoms with Gasteiger partial charge in [0.1, 0.15) is 17.3 Å². The van der Waals surface area contributed by atoms with E-state index in [0.29, 0.717) is 28.4 Å². The standard InChI is InChI=1S/C16H17N3O3/c1-21-12-3-4-15(22-2)13(8-12)14(20)10-19-16-7-11(9-17)5-6-18-16/h3-8,14,20H,10H2,1-2H3,(H,18,19)/t14-/m0/s1. The van der Waals surface area contributed by atoms with Crippen molar-refractivity contribution in [3.63, 3.8) is 0 Å². The van der Waals surface area contributed by atoms with E-state index in [9.17, 15) is 5.11 Å². The van der Waals surface area contributed by atoms with Crippen molar-refractivity contribution in [3.8, 4) is 17.6 Å². The van der Waals surface area contributed by atoms with Crippen LogP contribution in [0.2, 0.25) is 0 Å². The molecule has 0 bridgehead atoms. The summed E-state index contributed by atoms with van der Waals surface area (Å²) in [5, 5.41) is 22.2. The number of methoxy groups -OCH3 is 2. The number of hydrogen-bond acceptors (Lipinski definition) is 6. The Balaban J connectivity index is 2.11. The molecular formula is C16H17N3O3. The molecule has 0 radical (unpaired) electrons. The smallest absolute Gasteiger partial charge is 0.127 e. The summed E-state index contributed by atoms with van der Waals surface area (Å²) in [6.45, 7) is 0.228. The lowest BCUT2D eigenvalue weighted by molar-refractivity contribution is 0.186. The molecule has 0 aliphatic heterocycles. The summed E-state index contributed by atoms with van der Waals surface area (Å²) in [5.41, 5.74) is 1.12. The predicted molar refractivity (Wildman–Crippen MR) is 81.9 cm³/mol. The average molecular weight is 299 g/mol. The van der Waals surface area contributed by atoms with Crippen molar-refractivity contribution in [2.75, 3.05) is 26.1 Å². The Morgan fingerprint density at radius 2 is 2.09 bits per heavy atom. The highest BCUT2D eigenvalue weighted by molar-refractivity contribution is 5.45. The SMILES string of the molecule is COc1ccc(OC)c([C@@H](O)CNc2cc(C#N)ccn2)c1. The van der Waals surface area contributed by atoms with Crippen LogP contribution in [0.25, 0.3) is 0 Å². The van der Waals surface area contributed by atoms with Crippen LogP contribution in [-0.2, 0) is 0 Å². The second-order valence-corrected chi connectivity index (χ2v) is 4.55. The maximum absolute atomic E-state index is 10.3. The first-order valence-electron chi connectivity index (χ1n) is 6.68. The van der Waals surface area contributed by atoms with Gasteiger partial charge < -0.3 is 19.9 Å². The largest absolute Gasteiger partial charge is 0.497 e. The van der Waals surface area contributed by atoms with E-state index in [0.717, 1.165) is 0 Å². The molecule has 0 saturated heterocycles. The zero-order valence-electron chi connectivity index (χ0n) is 12.4. The monoisotopic (exact) mass is 299 g/mol. The number of hydrogen-bond donors (Lipinski definition) is 2. The zero-order chi connectivity index (χ0) is 15.9. The van der Waals surface area contributed by atoms with Crippen molar-refractivity contribution < 1.29 is 14.6 Å². The molecule has 1 atom stereocenters. The molecule has 0 aliphatic carbocycles. The Hall–Kier alpha value is -2.78. The number of anilines is 1. The molecule has 22 heavy (non-hydrogen) atoms. The van der Waals surface area contributed by atoms with E-state index in [-0.39, 0.29) is 6.54 Å². The van der Waals surface area contributed by atoms with Crippen LogP contribution >= 0.6 is 0 Å². The van der Waals surface area contributed by atoms with Gasteiger partial charge >= 0.3 is 0 Å². The maximum Gasteiger partial charge on any atom is 0.127 e. The van der Waals surface area contributed by atoms with Gasteiger partial charge in [0, 0.05) is 18.3 Å². The van der Waals surface area contributed by atoms with Gasteiger partial charge in [0.05, 0.1) is 32.0 Å². The Kier molecular flexibility index (Phi) is 5.17. The summed E-state index contributed by atoms with van der Waals surface area (Å²) < 4.78 is 10.4. The Labute approximate surface area is 128 Å². The third-order valence-corrected chi connectivity index (χ3v) is 3.16. The van der Waals surface area contributed by atoms with Crippen LogP contribution in [0, 0.1) is 11.3 Å². The lowest BCUT2D eigenvalue weighted by atomic mass is 10.1. The maximum atomic E-state index is 10.3. The molecule has 2 rings (SSSR count). The Bertz CT molecular complexity index is 683. The van der Waals surface area contributed by atoms with Crippen LogP contribution in [0.5, 0.6) is 11.5 Å². The molecule has 0 saturated carbocycles. The summed E-state index contributed by atoms with van der Waals surface area (Å²) in [6, 6.07) is 10.5. The third kappa shape index (κ3) is 3.65. The lowest BCUT2D eigenvalue weighted by Crippen LogP contribution is -2.14. The molecule has 0 amide bonds. The minimum Gasteiger partial charge on any atom is -0.497 e. The molecule has 1 heterocycles. The van der Waals surface area contributed by atoms with Crippen LogP contribution in [-0.4, -0.2) is 30.9 Å². The van der Waals surface area contributed by atoms with Crippen molar-refractivity contribution in [1.29, 1.82) is 5.26 Å². The number of nitrogens with zero attached hydrogens (tertiary/aromatic N) is 2. The van der Waals surface area contributed by atoms with Crippen molar-refractivity contribution >= 4 is 5.82 Å². The highest BCUT2D eigenvalue weighted by Crippen LogP contribution is 2.29. The van der Waals surface area contributed by atoms with E-state index >= 15 is 0 Å². The van der Waals surface area contributed by atoms with Crippen LogP contribution in [0.4, 0.5) is 5.82 Å². The first-order chi connectivity index (χ1) is 10.7. The van der Waals surface area contributed by atoms with Crippen molar-refractivity contribution in [1.82, 2.24) is 4.98 Å². The molecule has 0 aliphatic rings. The van der Waals surface area contributed by atoms with E-state index in [1.165, 1.54) is 0 Å². The van der Waals surface area contributed by atoms with Gasteiger partial charge in [-0.1, -0.05) is 0 Å². The predicted octanol–water partition coefficient (Wildman–Crippen LogP) is 2.12. The third-order valence-electron chi connectivity index (χ3n) is 3.16. The van der Waals surface area contributed by atoms with E-state index in [4.69, 9.17) is 14.7 Å². The second-order valence-electron chi connectivity index (χ2n) is 4.55. The minimum atomic E-state index is -0.808. The number of aromatic nitrogens is 1. The molecule has 6 heteroatoms. The lowest BCUT2D eigenvalue weighted by Gasteiger charge is -2.16. The summed E-state index contributed by atoms with van der Waals surface area (Å²) in [5.74, 6) is 1.74. The number of aliphatic hydroxyl groups excluding tert-OH is 1. The van der Waals surface area contributed by atoms with Gasteiger partial charge in [-0.15, -0.1) is 0 Å². The van der Waals surface area contributed by atoms with E-state index in [1.807, 2.05) is 6.07 Å². The van der Waals surface area contributed by atoms with Gasteiger partial charge in [0.2, 0.25) is 0 Å². The second kappa shape index (κ2) is 7.29. The number of nitriles is 1. The van der Waals surface area contributed by atoms with Gasteiger partial charge in [-0.05, 0) is 30.3 Å². The molecule has 0 unspecified atom stereocenters. The summed E-state index contributed by atoms with van der Waals surface area (Å²) in [7, 11) is 3.11. The van der Waals surface area contributed by atoms with Crippen molar-refractivity contribution in [3.05, 3.63) is 47.7 Å². The molecule has 2 N–H and O–H groups in total. The van der Waals surface area contributed by atoms with Gasteiger partial charge in [0.25, 0.3) is 0 Å². The van der Waals surface area contributed by atoms with Crippen LogP contribution < -0.4 is 14.8 Å². The topological polar surface area (TPSA) is 87.4 Å². The fraction of sp³-hybridized carbons (Fsp3) is 0.250. The van der Waals surface area contributed by atoms with E-state index in [1.54, 1.807) is 50.7 Å². The van der Waals surface area contributed by atoms with Crippen LogP contribution in [0.1, 0.15) is 17.2 Å². The highest BCUT2D eigenvalue weighted by Gasteiger charge is 2.14. The number of aliphatic hydroxyl groups is 1. The first-order valence-corrected chi connectivity index (χ1v) is 6.68. The van der Waals surface area contributed by atoms with Crippen molar-refractivity contribution in [2.45, 2.75) is 6.10 Å². The number of rotatable bonds is 6. The van der Waals surface area contributed by atoms with E-state index in [2.05, 4.69) is 10.3 Å². The summed E-state index contributed by atoms with van der Waals surface area (Å²) >= 11 is 0. The average Bonchev–Trinajstić information content (AvgIpc) is 2.59. The fourth-order valence-electron chi connectivity index (χ4n) is 2.01. The highest BCUT2D eigenvalue weighted by atomic mass is 16.5. The molecule has 114 valence electrons. The molecule has 0 spiro atoms. The van der Waals surface area contributed by atoms with Gasteiger partial charge in [-0.2, -0.15) is 5.26 Å². The number of benzene rings is 1. The molecular weight excluding hydrogens is 282 g/mol. The van der Waals surface area contributed by atoms with Gasteiger partial charge in [0.15, 0.2) is 0 Å². The number of pyridine rings is 1. The normalized spacial score (nSPS) is 11.4. The van der Waals surface area contributed by atoms with Crippen LogP contribution in [0.3, 0.4) is 0 Å². The molecule has 0 fully saturated rings. The van der Waals surface area contributed by atoms with E-state index < -0.39 is 6.10 Å². The van der Waals surface area contributed by atoms with Gasteiger partial charge in [-0.25, -0.2) is 4.98 Å². The molecule has 2 aromatic rings. The summed E-state index contributed by atoms with van der Waals surface area (Å²) in [4.78, 5) is 4.10. The molecule has 1 aromatic heterocycles. The van der Waals surface area contributed by atoms with Crippen LogP contribution in [0.15, 0.2) is 36.5 Å². The Morgan fingerprint density at radius 1 is 1.27 bits per heavy atom. The number of nitrogens with one attached hydrogen (secondary N) is 1. The molecule has 1 aromatic carbocycles. The molecule has 6 nitrogen and oxygen atoms in total. The minimum absolute atomic E-state index is 0.228. The fourth-order valence-corrected chi connectivity index (χ4v) is 2.01.